The molecule has 6 nitrogen and oxygen atoms in total. The first kappa shape index (κ1) is 15.3. The van der Waals surface area contributed by atoms with Crippen LogP contribution in [0.5, 0.6) is 0 Å². The van der Waals surface area contributed by atoms with Gasteiger partial charge in [-0.1, -0.05) is 12.1 Å². The molecular formula is C17H21N5O. The van der Waals surface area contributed by atoms with E-state index >= 15 is 0 Å². The van der Waals surface area contributed by atoms with Gasteiger partial charge in [-0.2, -0.15) is 0 Å². The van der Waals surface area contributed by atoms with Crippen molar-refractivity contribution in [2.24, 2.45) is 5.73 Å². The number of hydrogen-bond acceptors (Lipinski definition) is 5. The maximum Gasteiger partial charge on any atom is 0.268 e. The zero-order valence-corrected chi connectivity index (χ0v) is 13.5. The van der Waals surface area contributed by atoms with Crippen LogP contribution in [0.2, 0.25) is 0 Å². The Morgan fingerprint density at radius 2 is 1.78 bits per heavy atom. The fourth-order valence-corrected chi connectivity index (χ4v) is 2.88. The van der Waals surface area contributed by atoms with Crippen molar-refractivity contribution in [3.05, 3.63) is 47.4 Å². The number of benzene rings is 1. The molecule has 2 heterocycles. The molecule has 2 aromatic rings. The van der Waals surface area contributed by atoms with E-state index in [-0.39, 0.29) is 5.69 Å². The van der Waals surface area contributed by atoms with E-state index in [2.05, 4.69) is 51.8 Å². The van der Waals surface area contributed by atoms with E-state index in [1.807, 2.05) is 0 Å². The van der Waals surface area contributed by atoms with Gasteiger partial charge in [0.25, 0.3) is 5.91 Å². The van der Waals surface area contributed by atoms with Crippen molar-refractivity contribution >= 4 is 17.4 Å². The van der Waals surface area contributed by atoms with E-state index in [0.29, 0.717) is 5.82 Å². The molecule has 1 fully saturated rings. The van der Waals surface area contributed by atoms with Crippen LogP contribution >= 0.6 is 0 Å². The molecule has 1 aliphatic rings. The molecule has 0 radical (unpaired) electrons. The van der Waals surface area contributed by atoms with Gasteiger partial charge >= 0.3 is 0 Å². The highest BCUT2D eigenvalue weighted by Crippen LogP contribution is 2.24. The minimum absolute atomic E-state index is 0.208. The van der Waals surface area contributed by atoms with E-state index in [4.69, 9.17) is 5.73 Å². The maximum atomic E-state index is 11.2. The van der Waals surface area contributed by atoms with Gasteiger partial charge in [0, 0.05) is 31.9 Å². The number of hydrogen-bond donors (Lipinski definition) is 1. The molecule has 0 saturated carbocycles. The quantitative estimate of drug-likeness (QED) is 0.930. The van der Waals surface area contributed by atoms with Gasteiger partial charge in [0.2, 0.25) is 0 Å². The molecule has 1 saturated heterocycles. The summed E-state index contributed by atoms with van der Waals surface area (Å²) >= 11 is 0. The van der Waals surface area contributed by atoms with Gasteiger partial charge in [-0.3, -0.25) is 9.78 Å². The molecule has 1 amide bonds. The zero-order chi connectivity index (χ0) is 16.4. The number of aromatic nitrogens is 2. The lowest BCUT2D eigenvalue weighted by Crippen LogP contribution is -2.47. The first-order valence-electron chi connectivity index (χ1n) is 7.74. The third-order valence-corrected chi connectivity index (χ3v) is 4.39. The van der Waals surface area contributed by atoms with Gasteiger partial charge in [-0.05, 0) is 31.0 Å². The number of nitrogens with two attached hydrogens (primary N) is 1. The monoisotopic (exact) mass is 311 g/mol. The third-order valence-electron chi connectivity index (χ3n) is 4.39. The van der Waals surface area contributed by atoms with Crippen molar-refractivity contribution in [1.82, 2.24) is 9.97 Å². The molecule has 1 aromatic carbocycles. The fourth-order valence-electron chi connectivity index (χ4n) is 2.88. The van der Waals surface area contributed by atoms with Gasteiger partial charge in [0.05, 0.1) is 12.4 Å². The molecule has 0 spiro atoms. The molecule has 1 aromatic heterocycles. The summed E-state index contributed by atoms with van der Waals surface area (Å²) in [4.78, 5) is 24.1. The van der Waals surface area contributed by atoms with E-state index in [0.717, 1.165) is 26.2 Å². The molecule has 3 rings (SSSR count). The zero-order valence-electron chi connectivity index (χ0n) is 13.5. The predicted octanol–water partition coefficient (Wildman–Crippen LogP) is 1.52. The normalized spacial score (nSPS) is 14.9. The lowest BCUT2D eigenvalue weighted by molar-refractivity contribution is 0.0995. The summed E-state index contributed by atoms with van der Waals surface area (Å²) in [5.74, 6) is 0.162. The number of carbonyl (C=O) groups excluding carboxylic acids is 1. The van der Waals surface area contributed by atoms with Gasteiger partial charge < -0.3 is 15.5 Å². The summed E-state index contributed by atoms with van der Waals surface area (Å²) in [6.07, 6.45) is 3.08. The predicted molar refractivity (Wildman–Crippen MR) is 90.9 cm³/mol. The van der Waals surface area contributed by atoms with Crippen LogP contribution in [0.1, 0.15) is 21.6 Å². The molecule has 0 bridgehead atoms. The van der Waals surface area contributed by atoms with Crippen molar-refractivity contribution < 1.29 is 4.79 Å². The van der Waals surface area contributed by atoms with Crippen LogP contribution in [0, 0.1) is 13.8 Å². The van der Waals surface area contributed by atoms with Crippen molar-refractivity contribution in [3.63, 3.8) is 0 Å². The summed E-state index contributed by atoms with van der Waals surface area (Å²) < 4.78 is 0. The smallest absolute Gasteiger partial charge is 0.268 e. The van der Waals surface area contributed by atoms with Gasteiger partial charge in [-0.15, -0.1) is 0 Å². The van der Waals surface area contributed by atoms with Crippen molar-refractivity contribution in [1.29, 1.82) is 0 Å². The number of anilines is 2. The highest BCUT2D eigenvalue weighted by molar-refractivity contribution is 5.90. The Labute approximate surface area is 135 Å². The van der Waals surface area contributed by atoms with Gasteiger partial charge in [0.1, 0.15) is 11.5 Å². The van der Waals surface area contributed by atoms with Gasteiger partial charge in [0.15, 0.2) is 0 Å². The summed E-state index contributed by atoms with van der Waals surface area (Å²) in [5, 5.41) is 0. The Hall–Kier alpha value is -2.63. The third kappa shape index (κ3) is 3.11. The topological polar surface area (TPSA) is 75.3 Å². The van der Waals surface area contributed by atoms with Crippen LogP contribution in [0.25, 0.3) is 0 Å². The lowest BCUT2D eigenvalue weighted by Gasteiger charge is -2.37. The van der Waals surface area contributed by atoms with E-state index < -0.39 is 5.91 Å². The molecule has 6 heteroatoms. The second kappa shape index (κ2) is 6.24. The Morgan fingerprint density at radius 1 is 1.09 bits per heavy atom. The molecule has 2 N–H and O–H groups in total. The average Bonchev–Trinajstić information content (AvgIpc) is 2.58. The van der Waals surface area contributed by atoms with Crippen LogP contribution in [-0.4, -0.2) is 42.1 Å². The Bertz CT molecular complexity index is 723. The van der Waals surface area contributed by atoms with E-state index in [1.165, 1.54) is 23.0 Å². The van der Waals surface area contributed by atoms with E-state index in [9.17, 15) is 4.79 Å². The Morgan fingerprint density at radius 3 is 2.48 bits per heavy atom. The number of amides is 1. The largest absolute Gasteiger partial charge is 0.368 e. The fraction of sp³-hybridized carbons (Fsp3) is 0.353. The van der Waals surface area contributed by atoms with Gasteiger partial charge in [-0.25, -0.2) is 4.98 Å². The summed E-state index contributed by atoms with van der Waals surface area (Å²) in [6.45, 7) is 7.80. The minimum atomic E-state index is -0.548. The van der Waals surface area contributed by atoms with Crippen LogP contribution in [-0.2, 0) is 0 Å². The Kier molecular flexibility index (Phi) is 4.14. The van der Waals surface area contributed by atoms with Crippen LogP contribution in [0.15, 0.2) is 30.6 Å². The molecule has 0 aliphatic carbocycles. The summed E-state index contributed by atoms with van der Waals surface area (Å²) in [5.41, 5.74) is 9.41. The summed E-state index contributed by atoms with van der Waals surface area (Å²) in [6, 6.07) is 6.41. The lowest BCUT2D eigenvalue weighted by atomic mass is 10.1. The first-order valence-corrected chi connectivity index (χ1v) is 7.74. The number of primary amides is 1. The number of carbonyl (C=O) groups is 1. The highest BCUT2D eigenvalue weighted by Gasteiger charge is 2.20. The van der Waals surface area contributed by atoms with Crippen molar-refractivity contribution in [2.75, 3.05) is 36.0 Å². The average molecular weight is 311 g/mol. The Balaban J connectivity index is 1.72. The van der Waals surface area contributed by atoms with Crippen molar-refractivity contribution in [3.8, 4) is 0 Å². The standard InChI is InChI=1S/C17H21N5O/c1-12-4-3-5-15(13(12)2)21-6-8-22(9-7-21)16-11-19-10-14(20-16)17(18)23/h3-5,10-11H,6-9H2,1-2H3,(H2,18,23). The number of piperazine rings is 1. The SMILES string of the molecule is Cc1cccc(N2CCN(c3cncc(C(N)=O)n3)CC2)c1C. The van der Waals surface area contributed by atoms with Crippen LogP contribution < -0.4 is 15.5 Å². The first-order chi connectivity index (χ1) is 11.1. The number of aryl methyl sites for hydroxylation is 1. The maximum absolute atomic E-state index is 11.2. The van der Waals surface area contributed by atoms with Crippen LogP contribution in [0.4, 0.5) is 11.5 Å². The van der Waals surface area contributed by atoms with E-state index in [1.54, 1.807) is 6.20 Å². The minimum Gasteiger partial charge on any atom is -0.368 e. The molecule has 120 valence electrons. The highest BCUT2D eigenvalue weighted by atomic mass is 16.1. The second-order valence-corrected chi connectivity index (χ2v) is 5.82. The molecule has 23 heavy (non-hydrogen) atoms. The molecule has 0 unspecified atom stereocenters. The summed E-state index contributed by atoms with van der Waals surface area (Å²) in [7, 11) is 0. The molecule has 1 aliphatic heterocycles. The van der Waals surface area contributed by atoms with Crippen molar-refractivity contribution in [2.45, 2.75) is 13.8 Å². The van der Waals surface area contributed by atoms with Crippen LogP contribution in [0.3, 0.4) is 0 Å². The molecule has 0 atom stereocenters. The number of rotatable bonds is 3. The molecular weight excluding hydrogens is 290 g/mol. The number of nitrogens with zero attached hydrogens (tertiary/aromatic N) is 4. The second-order valence-electron chi connectivity index (χ2n) is 5.82.